The second-order valence-electron chi connectivity index (χ2n) is 4.59. The van der Waals surface area contributed by atoms with Crippen molar-refractivity contribution in [1.29, 1.82) is 0 Å². The molecule has 0 N–H and O–H groups in total. The van der Waals surface area contributed by atoms with E-state index in [4.69, 9.17) is 11.6 Å². The quantitative estimate of drug-likeness (QED) is 0.705. The van der Waals surface area contributed by atoms with E-state index >= 15 is 0 Å². The summed E-state index contributed by atoms with van der Waals surface area (Å²) in [6, 6.07) is 0. The Balaban J connectivity index is 2.27. The molecule has 1 saturated carbocycles. The van der Waals surface area contributed by atoms with Gasteiger partial charge in [0.1, 0.15) is 9.84 Å². The molecule has 1 aliphatic carbocycles. The molecule has 0 aromatic heterocycles. The standard InChI is InChI=1S/C11H21ClO2S/c1-3-15(13,14)8-4-5-10-6-7-11(12)9(10)2/h9-11H,3-8H2,1-2H3. The maximum absolute atomic E-state index is 11.3. The van der Waals surface area contributed by atoms with E-state index in [-0.39, 0.29) is 5.75 Å². The zero-order valence-electron chi connectivity index (χ0n) is 9.58. The molecule has 0 heterocycles. The summed E-state index contributed by atoms with van der Waals surface area (Å²) >= 11 is 6.14. The summed E-state index contributed by atoms with van der Waals surface area (Å²) in [4.78, 5) is 0. The van der Waals surface area contributed by atoms with Crippen molar-refractivity contribution in [2.24, 2.45) is 11.8 Å². The van der Waals surface area contributed by atoms with E-state index in [1.54, 1.807) is 6.92 Å². The molecule has 0 radical (unpaired) electrons. The zero-order chi connectivity index (χ0) is 11.5. The second-order valence-corrected chi connectivity index (χ2v) is 7.62. The molecule has 0 aromatic rings. The summed E-state index contributed by atoms with van der Waals surface area (Å²) in [5.41, 5.74) is 0. The maximum atomic E-state index is 11.3. The second kappa shape index (κ2) is 5.53. The molecule has 15 heavy (non-hydrogen) atoms. The highest BCUT2D eigenvalue weighted by atomic mass is 35.5. The van der Waals surface area contributed by atoms with Crippen LogP contribution in [0.2, 0.25) is 0 Å². The first-order valence-electron chi connectivity index (χ1n) is 5.80. The fourth-order valence-electron chi connectivity index (χ4n) is 2.31. The number of hydrogen-bond acceptors (Lipinski definition) is 2. The molecule has 0 spiro atoms. The Morgan fingerprint density at radius 3 is 2.47 bits per heavy atom. The van der Waals surface area contributed by atoms with Crippen LogP contribution in [0, 0.1) is 11.8 Å². The van der Waals surface area contributed by atoms with Crippen molar-refractivity contribution in [3.63, 3.8) is 0 Å². The maximum Gasteiger partial charge on any atom is 0.150 e. The van der Waals surface area contributed by atoms with Gasteiger partial charge in [0.25, 0.3) is 0 Å². The van der Waals surface area contributed by atoms with Crippen molar-refractivity contribution in [3.05, 3.63) is 0 Å². The molecule has 1 fully saturated rings. The normalized spacial score (nSPS) is 32.1. The highest BCUT2D eigenvalue weighted by Crippen LogP contribution is 2.37. The molecular weight excluding hydrogens is 232 g/mol. The van der Waals surface area contributed by atoms with Crippen molar-refractivity contribution in [2.75, 3.05) is 11.5 Å². The lowest BCUT2D eigenvalue weighted by molar-refractivity contribution is 0.390. The third kappa shape index (κ3) is 3.95. The van der Waals surface area contributed by atoms with Crippen LogP contribution in [0.4, 0.5) is 0 Å². The van der Waals surface area contributed by atoms with E-state index in [1.807, 2.05) is 0 Å². The van der Waals surface area contributed by atoms with Crippen LogP contribution >= 0.6 is 11.6 Å². The average Bonchev–Trinajstić information content (AvgIpc) is 2.49. The predicted molar refractivity (Wildman–Crippen MR) is 65.1 cm³/mol. The first-order valence-corrected chi connectivity index (χ1v) is 8.06. The van der Waals surface area contributed by atoms with Gasteiger partial charge in [0.05, 0.1) is 5.75 Å². The smallest absolute Gasteiger partial charge is 0.150 e. The number of hydrogen-bond donors (Lipinski definition) is 0. The summed E-state index contributed by atoms with van der Waals surface area (Å²) in [6.45, 7) is 3.89. The Hall–Kier alpha value is 0.240. The lowest BCUT2D eigenvalue weighted by Crippen LogP contribution is -2.14. The van der Waals surface area contributed by atoms with E-state index < -0.39 is 9.84 Å². The molecule has 2 nitrogen and oxygen atoms in total. The lowest BCUT2D eigenvalue weighted by Gasteiger charge is -2.16. The fourth-order valence-corrected chi connectivity index (χ4v) is 3.54. The van der Waals surface area contributed by atoms with Crippen molar-refractivity contribution < 1.29 is 8.42 Å². The Morgan fingerprint density at radius 2 is 2.00 bits per heavy atom. The third-order valence-electron chi connectivity index (χ3n) is 3.60. The molecule has 0 bridgehead atoms. The van der Waals surface area contributed by atoms with Gasteiger partial charge in [-0.3, -0.25) is 0 Å². The van der Waals surface area contributed by atoms with Gasteiger partial charge in [0.2, 0.25) is 0 Å². The first-order chi connectivity index (χ1) is 6.96. The summed E-state index contributed by atoms with van der Waals surface area (Å²) in [6.07, 6.45) is 4.08. The summed E-state index contributed by atoms with van der Waals surface area (Å²) < 4.78 is 22.6. The van der Waals surface area contributed by atoms with Gasteiger partial charge >= 0.3 is 0 Å². The molecule has 1 aliphatic rings. The fraction of sp³-hybridized carbons (Fsp3) is 1.00. The highest BCUT2D eigenvalue weighted by molar-refractivity contribution is 7.91. The van der Waals surface area contributed by atoms with Crippen LogP contribution in [0.25, 0.3) is 0 Å². The third-order valence-corrected chi connectivity index (χ3v) is 6.00. The highest BCUT2D eigenvalue weighted by Gasteiger charge is 2.30. The van der Waals surface area contributed by atoms with Crippen LogP contribution in [0.1, 0.15) is 39.5 Å². The molecule has 0 saturated heterocycles. The zero-order valence-corrected chi connectivity index (χ0v) is 11.1. The van der Waals surface area contributed by atoms with Crippen LogP contribution in [-0.2, 0) is 9.84 Å². The monoisotopic (exact) mass is 252 g/mol. The van der Waals surface area contributed by atoms with E-state index in [0.717, 1.165) is 19.3 Å². The van der Waals surface area contributed by atoms with Gasteiger partial charge in [0, 0.05) is 11.1 Å². The van der Waals surface area contributed by atoms with E-state index in [0.29, 0.717) is 23.0 Å². The van der Waals surface area contributed by atoms with E-state index in [1.165, 1.54) is 6.42 Å². The molecule has 3 unspecified atom stereocenters. The molecule has 4 heteroatoms. The first kappa shape index (κ1) is 13.3. The lowest BCUT2D eigenvalue weighted by atomic mass is 9.93. The molecule has 3 atom stereocenters. The Labute approximate surface area is 98.3 Å². The molecule has 0 aromatic carbocycles. The minimum Gasteiger partial charge on any atom is -0.229 e. The minimum atomic E-state index is -2.78. The van der Waals surface area contributed by atoms with E-state index in [2.05, 4.69) is 6.92 Å². The van der Waals surface area contributed by atoms with Crippen molar-refractivity contribution in [3.8, 4) is 0 Å². The van der Waals surface area contributed by atoms with Gasteiger partial charge in [-0.1, -0.05) is 13.8 Å². The Bertz CT molecular complexity index is 287. The number of alkyl halides is 1. The van der Waals surface area contributed by atoms with Gasteiger partial charge in [-0.25, -0.2) is 8.42 Å². The SMILES string of the molecule is CCS(=O)(=O)CCCC1CCC(Cl)C1C. The Kier molecular flexibility index (Phi) is 4.91. The predicted octanol–water partition coefficient (Wildman–Crippen LogP) is 2.85. The number of sulfone groups is 1. The van der Waals surface area contributed by atoms with Gasteiger partial charge < -0.3 is 0 Å². The van der Waals surface area contributed by atoms with Gasteiger partial charge in [-0.2, -0.15) is 0 Å². The average molecular weight is 253 g/mol. The largest absolute Gasteiger partial charge is 0.229 e. The van der Waals surface area contributed by atoms with Crippen LogP contribution in [0.3, 0.4) is 0 Å². The van der Waals surface area contributed by atoms with Crippen LogP contribution < -0.4 is 0 Å². The van der Waals surface area contributed by atoms with Crippen molar-refractivity contribution in [1.82, 2.24) is 0 Å². The summed E-state index contributed by atoms with van der Waals surface area (Å²) in [5, 5.41) is 0.304. The Morgan fingerprint density at radius 1 is 1.33 bits per heavy atom. The van der Waals surface area contributed by atoms with Crippen molar-refractivity contribution in [2.45, 2.75) is 44.9 Å². The molecule has 1 rings (SSSR count). The summed E-state index contributed by atoms with van der Waals surface area (Å²) in [7, 11) is -2.78. The molecule has 90 valence electrons. The molecule has 0 aliphatic heterocycles. The number of rotatable bonds is 5. The van der Waals surface area contributed by atoms with Crippen molar-refractivity contribution >= 4 is 21.4 Å². The van der Waals surface area contributed by atoms with Gasteiger partial charge in [0.15, 0.2) is 0 Å². The molecule has 0 amide bonds. The van der Waals surface area contributed by atoms with Crippen LogP contribution in [0.15, 0.2) is 0 Å². The van der Waals surface area contributed by atoms with E-state index in [9.17, 15) is 8.42 Å². The van der Waals surface area contributed by atoms with Crippen LogP contribution in [-0.4, -0.2) is 25.3 Å². The van der Waals surface area contributed by atoms with Crippen LogP contribution in [0.5, 0.6) is 0 Å². The van der Waals surface area contributed by atoms with Gasteiger partial charge in [-0.05, 0) is 37.5 Å². The molecular formula is C11H21ClO2S. The topological polar surface area (TPSA) is 34.1 Å². The minimum absolute atomic E-state index is 0.269. The number of halogens is 1. The summed E-state index contributed by atoms with van der Waals surface area (Å²) in [5.74, 6) is 1.81. The van der Waals surface area contributed by atoms with Gasteiger partial charge in [-0.15, -0.1) is 11.6 Å².